The third kappa shape index (κ3) is 2.86. The number of nitrogens with two attached hydrogens (primary N) is 1. The lowest BCUT2D eigenvalue weighted by molar-refractivity contribution is 0.0314. The number of benzene rings is 1. The molecule has 0 radical (unpaired) electrons. The molecule has 2 rings (SSSR count). The minimum absolute atomic E-state index is 0.130. The smallest absolute Gasteiger partial charge is 0.243 e. The van der Waals surface area contributed by atoms with Crippen LogP contribution < -0.4 is 5.73 Å². The van der Waals surface area contributed by atoms with Gasteiger partial charge in [0.25, 0.3) is 0 Å². The van der Waals surface area contributed by atoms with Crippen molar-refractivity contribution in [3.63, 3.8) is 0 Å². The Morgan fingerprint density at radius 3 is 2.89 bits per heavy atom. The largest absolute Gasteiger partial charge is 0.398 e. The molecule has 0 saturated carbocycles. The van der Waals surface area contributed by atoms with Crippen molar-refractivity contribution in [2.24, 2.45) is 0 Å². The van der Waals surface area contributed by atoms with Crippen molar-refractivity contribution in [1.82, 2.24) is 4.31 Å². The maximum Gasteiger partial charge on any atom is 0.243 e. The highest BCUT2D eigenvalue weighted by Gasteiger charge is 2.33. The van der Waals surface area contributed by atoms with Gasteiger partial charge < -0.3 is 10.5 Å². The zero-order chi connectivity index (χ0) is 14.0. The summed E-state index contributed by atoms with van der Waals surface area (Å²) in [6.45, 7) is 3.15. The van der Waals surface area contributed by atoms with Crippen LogP contribution in [0.1, 0.15) is 13.3 Å². The second kappa shape index (κ2) is 5.66. The molecule has 1 saturated heterocycles. The molecule has 0 spiro atoms. The summed E-state index contributed by atoms with van der Waals surface area (Å²) in [4.78, 5) is 0.173. The van der Waals surface area contributed by atoms with Crippen LogP contribution in [-0.4, -0.2) is 38.5 Å². The molecule has 0 aliphatic carbocycles. The Labute approximate surface area is 118 Å². The maximum atomic E-state index is 12.6. The molecule has 1 heterocycles. The highest BCUT2D eigenvalue weighted by atomic mass is 35.5. The molecule has 7 heteroatoms. The standard InChI is InChI=1S/C12H17ClN2O3S/c1-2-9-8-18-6-5-15(9)19(16,17)10-3-4-12(14)11(13)7-10/h3-4,7,9H,2,5-6,8,14H2,1H3. The summed E-state index contributed by atoms with van der Waals surface area (Å²) in [5.74, 6) is 0. The second-order valence-electron chi connectivity index (χ2n) is 4.44. The van der Waals surface area contributed by atoms with Crippen LogP contribution in [0, 0.1) is 0 Å². The van der Waals surface area contributed by atoms with Crippen LogP contribution in [-0.2, 0) is 14.8 Å². The van der Waals surface area contributed by atoms with Gasteiger partial charge in [-0.3, -0.25) is 0 Å². The number of hydrogen-bond acceptors (Lipinski definition) is 4. The van der Waals surface area contributed by atoms with Crippen molar-refractivity contribution < 1.29 is 13.2 Å². The SMILES string of the molecule is CCC1COCCN1S(=O)(=O)c1ccc(N)c(Cl)c1. The van der Waals surface area contributed by atoms with Gasteiger partial charge in [0.15, 0.2) is 0 Å². The van der Waals surface area contributed by atoms with Gasteiger partial charge in [-0.25, -0.2) is 8.42 Å². The minimum atomic E-state index is -3.55. The summed E-state index contributed by atoms with van der Waals surface area (Å²) in [5.41, 5.74) is 5.97. The molecule has 1 unspecified atom stereocenters. The Balaban J connectivity index is 2.37. The zero-order valence-electron chi connectivity index (χ0n) is 10.7. The first kappa shape index (κ1) is 14.6. The van der Waals surface area contributed by atoms with Gasteiger partial charge in [0.05, 0.1) is 28.8 Å². The number of nitrogen functional groups attached to an aromatic ring is 1. The first-order valence-electron chi connectivity index (χ1n) is 6.11. The molecule has 0 aromatic heterocycles. The Hall–Kier alpha value is -0.820. The first-order valence-corrected chi connectivity index (χ1v) is 7.93. The van der Waals surface area contributed by atoms with Gasteiger partial charge in [-0.15, -0.1) is 0 Å². The number of ether oxygens (including phenoxy) is 1. The molecule has 5 nitrogen and oxygen atoms in total. The van der Waals surface area contributed by atoms with Crippen LogP contribution >= 0.6 is 11.6 Å². The van der Waals surface area contributed by atoms with E-state index in [1.54, 1.807) is 0 Å². The summed E-state index contributed by atoms with van der Waals surface area (Å²) in [6, 6.07) is 4.26. The van der Waals surface area contributed by atoms with E-state index in [4.69, 9.17) is 22.1 Å². The van der Waals surface area contributed by atoms with E-state index in [1.165, 1.54) is 22.5 Å². The van der Waals surface area contributed by atoms with Crippen molar-refractivity contribution in [2.45, 2.75) is 24.3 Å². The third-order valence-electron chi connectivity index (χ3n) is 3.22. The van der Waals surface area contributed by atoms with Crippen molar-refractivity contribution in [3.8, 4) is 0 Å². The van der Waals surface area contributed by atoms with Crippen LogP contribution in [0.4, 0.5) is 5.69 Å². The van der Waals surface area contributed by atoms with Crippen LogP contribution in [0.3, 0.4) is 0 Å². The molecule has 0 amide bonds. The van der Waals surface area contributed by atoms with Gasteiger partial charge in [-0.05, 0) is 24.6 Å². The summed E-state index contributed by atoms with van der Waals surface area (Å²) in [7, 11) is -3.55. The van der Waals surface area contributed by atoms with E-state index >= 15 is 0 Å². The molecule has 0 bridgehead atoms. The molecule has 2 N–H and O–H groups in total. The number of anilines is 1. The molecule has 1 aromatic carbocycles. The zero-order valence-corrected chi connectivity index (χ0v) is 12.2. The predicted octanol–water partition coefficient (Wildman–Crippen LogP) is 1.72. The summed E-state index contributed by atoms with van der Waals surface area (Å²) in [6.07, 6.45) is 0.710. The van der Waals surface area contributed by atoms with E-state index in [2.05, 4.69) is 0 Å². The van der Waals surface area contributed by atoms with Gasteiger partial charge in [-0.2, -0.15) is 4.31 Å². The second-order valence-corrected chi connectivity index (χ2v) is 6.73. The lowest BCUT2D eigenvalue weighted by atomic mass is 10.2. The quantitative estimate of drug-likeness (QED) is 0.863. The minimum Gasteiger partial charge on any atom is -0.398 e. The number of morpholine rings is 1. The van der Waals surface area contributed by atoms with E-state index in [0.717, 1.165) is 0 Å². The molecule has 1 aliphatic rings. The van der Waals surface area contributed by atoms with Crippen LogP contribution in [0.2, 0.25) is 5.02 Å². The Morgan fingerprint density at radius 1 is 1.53 bits per heavy atom. The van der Waals surface area contributed by atoms with E-state index in [9.17, 15) is 8.42 Å². The molecular weight excluding hydrogens is 288 g/mol. The highest BCUT2D eigenvalue weighted by Crippen LogP contribution is 2.27. The Kier molecular flexibility index (Phi) is 4.35. The van der Waals surface area contributed by atoms with Crippen molar-refractivity contribution in [2.75, 3.05) is 25.5 Å². The van der Waals surface area contributed by atoms with Gasteiger partial charge in [0.2, 0.25) is 10.0 Å². The fraction of sp³-hybridized carbons (Fsp3) is 0.500. The number of halogens is 1. The molecule has 19 heavy (non-hydrogen) atoms. The van der Waals surface area contributed by atoms with Crippen molar-refractivity contribution in [3.05, 3.63) is 23.2 Å². The fourth-order valence-corrected chi connectivity index (χ4v) is 4.02. The average molecular weight is 305 g/mol. The maximum absolute atomic E-state index is 12.6. The summed E-state index contributed by atoms with van der Waals surface area (Å²) in [5, 5.41) is 0.252. The third-order valence-corrected chi connectivity index (χ3v) is 5.50. The lowest BCUT2D eigenvalue weighted by Crippen LogP contribution is -2.48. The molecule has 1 aromatic rings. The van der Waals surface area contributed by atoms with E-state index in [-0.39, 0.29) is 16.0 Å². The highest BCUT2D eigenvalue weighted by molar-refractivity contribution is 7.89. The van der Waals surface area contributed by atoms with Crippen LogP contribution in [0.5, 0.6) is 0 Å². The molecular formula is C12H17ClN2O3S. The topological polar surface area (TPSA) is 72.6 Å². The van der Waals surface area contributed by atoms with Crippen molar-refractivity contribution >= 4 is 27.3 Å². The lowest BCUT2D eigenvalue weighted by Gasteiger charge is -2.34. The predicted molar refractivity (Wildman–Crippen MR) is 74.7 cm³/mol. The van der Waals surface area contributed by atoms with Gasteiger partial charge in [0.1, 0.15) is 0 Å². The van der Waals surface area contributed by atoms with Crippen LogP contribution in [0.15, 0.2) is 23.1 Å². The van der Waals surface area contributed by atoms with Crippen LogP contribution in [0.25, 0.3) is 0 Å². The van der Waals surface area contributed by atoms with Gasteiger partial charge >= 0.3 is 0 Å². The molecule has 106 valence electrons. The summed E-state index contributed by atoms with van der Waals surface area (Å²) < 4.78 is 32.0. The monoisotopic (exact) mass is 304 g/mol. The van der Waals surface area contributed by atoms with E-state index in [0.29, 0.717) is 31.9 Å². The Morgan fingerprint density at radius 2 is 2.26 bits per heavy atom. The fourth-order valence-electron chi connectivity index (χ4n) is 2.08. The number of hydrogen-bond donors (Lipinski definition) is 1. The van der Waals surface area contributed by atoms with Gasteiger partial charge in [0, 0.05) is 12.6 Å². The number of sulfonamides is 1. The van der Waals surface area contributed by atoms with Crippen molar-refractivity contribution in [1.29, 1.82) is 0 Å². The Bertz CT molecular complexity index is 562. The first-order chi connectivity index (χ1) is 8.96. The van der Waals surface area contributed by atoms with E-state index < -0.39 is 10.0 Å². The average Bonchev–Trinajstić information content (AvgIpc) is 2.41. The molecule has 1 fully saturated rings. The van der Waals surface area contributed by atoms with E-state index in [1.807, 2.05) is 6.92 Å². The number of rotatable bonds is 3. The molecule has 1 aliphatic heterocycles. The number of nitrogens with zero attached hydrogens (tertiary/aromatic N) is 1. The molecule has 1 atom stereocenters. The summed E-state index contributed by atoms with van der Waals surface area (Å²) >= 11 is 5.90. The normalized spacial score (nSPS) is 21.5. The van der Waals surface area contributed by atoms with Gasteiger partial charge in [-0.1, -0.05) is 18.5 Å².